The van der Waals surface area contributed by atoms with Crippen molar-refractivity contribution in [2.24, 2.45) is 0 Å². The summed E-state index contributed by atoms with van der Waals surface area (Å²) in [7, 11) is 3.22. The van der Waals surface area contributed by atoms with E-state index in [0.29, 0.717) is 26.3 Å². The highest BCUT2D eigenvalue weighted by molar-refractivity contribution is 5.42. The minimum absolute atomic E-state index is 0.0561. The average Bonchev–Trinajstić information content (AvgIpc) is 2.37. The van der Waals surface area contributed by atoms with Gasteiger partial charge in [-0.05, 0) is 6.42 Å². The van der Waals surface area contributed by atoms with Crippen LogP contribution in [0, 0.1) is 5.82 Å². The van der Waals surface area contributed by atoms with Crippen LogP contribution in [0.25, 0.3) is 0 Å². The number of nitrogens with two attached hydrogens (primary N) is 1. The molecule has 0 saturated heterocycles. The average molecular weight is 258 g/mol. The number of nitrogens with zero attached hydrogens (tertiary/aromatic N) is 3. The number of aromatic nitrogens is 2. The Balaban J connectivity index is 2.75. The smallest absolute Gasteiger partial charge is 0.222 e. The second-order valence-corrected chi connectivity index (χ2v) is 3.73. The van der Waals surface area contributed by atoms with Gasteiger partial charge in [-0.2, -0.15) is 4.98 Å². The van der Waals surface area contributed by atoms with Gasteiger partial charge in [-0.25, -0.2) is 9.37 Å². The largest absolute Gasteiger partial charge is 0.385 e. The lowest BCUT2D eigenvalue weighted by molar-refractivity contribution is 0.190. The fourth-order valence-corrected chi connectivity index (χ4v) is 1.52. The zero-order valence-electron chi connectivity index (χ0n) is 10.7. The van der Waals surface area contributed by atoms with Crippen molar-refractivity contribution in [3.8, 4) is 0 Å². The molecule has 0 fully saturated rings. The van der Waals surface area contributed by atoms with Gasteiger partial charge in [0.2, 0.25) is 5.95 Å². The fourth-order valence-electron chi connectivity index (χ4n) is 1.52. The van der Waals surface area contributed by atoms with E-state index in [-0.39, 0.29) is 11.8 Å². The Morgan fingerprint density at radius 3 is 2.67 bits per heavy atom. The summed E-state index contributed by atoms with van der Waals surface area (Å²) in [5, 5.41) is 0. The highest BCUT2D eigenvalue weighted by Gasteiger charge is 2.14. The van der Waals surface area contributed by atoms with Crippen LogP contribution in [0.1, 0.15) is 6.42 Å². The maximum absolute atomic E-state index is 13.7. The molecular weight excluding hydrogens is 239 g/mol. The first kappa shape index (κ1) is 14.6. The zero-order chi connectivity index (χ0) is 13.4. The van der Waals surface area contributed by atoms with Gasteiger partial charge >= 0.3 is 0 Å². The lowest BCUT2D eigenvalue weighted by Gasteiger charge is -2.23. The molecule has 0 aliphatic rings. The normalized spacial score (nSPS) is 10.6. The van der Waals surface area contributed by atoms with Gasteiger partial charge in [-0.15, -0.1) is 0 Å². The lowest BCUT2D eigenvalue weighted by Crippen LogP contribution is -2.31. The molecular formula is C11H19FN4O2. The first-order chi connectivity index (χ1) is 8.69. The van der Waals surface area contributed by atoms with Gasteiger partial charge in [-0.3, -0.25) is 0 Å². The highest BCUT2D eigenvalue weighted by atomic mass is 19.1. The lowest BCUT2D eigenvalue weighted by atomic mass is 10.3. The minimum Gasteiger partial charge on any atom is -0.385 e. The molecule has 0 unspecified atom stereocenters. The third-order valence-corrected chi connectivity index (χ3v) is 2.39. The summed E-state index contributed by atoms with van der Waals surface area (Å²) in [6.45, 7) is 2.24. The second-order valence-electron chi connectivity index (χ2n) is 3.73. The van der Waals surface area contributed by atoms with Crippen molar-refractivity contribution in [2.75, 3.05) is 51.2 Å². The van der Waals surface area contributed by atoms with Crippen LogP contribution in [-0.2, 0) is 9.47 Å². The van der Waals surface area contributed by atoms with Crippen LogP contribution >= 0.6 is 0 Å². The van der Waals surface area contributed by atoms with Gasteiger partial charge in [-0.1, -0.05) is 0 Å². The van der Waals surface area contributed by atoms with E-state index in [1.807, 2.05) is 0 Å². The Hall–Kier alpha value is -1.47. The second kappa shape index (κ2) is 7.78. The summed E-state index contributed by atoms with van der Waals surface area (Å²) in [4.78, 5) is 9.31. The molecule has 0 bridgehead atoms. The Morgan fingerprint density at radius 2 is 2.00 bits per heavy atom. The third-order valence-electron chi connectivity index (χ3n) is 2.39. The molecule has 0 aromatic carbocycles. The standard InChI is InChI=1S/C11H19FN4O2/c1-17-6-3-4-16(5-7-18-2)10-9(12)8-14-11(13)15-10/h8H,3-7H2,1-2H3,(H2,13,14,15). The van der Waals surface area contributed by atoms with E-state index in [0.717, 1.165) is 12.6 Å². The van der Waals surface area contributed by atoms with E-state index < -0.39 is 5.82 Å². The van der Waals surface area contributed by atoms with E-state index >= 15 is 0 Å². The van der Waals surface area contributed by atoms with Crippen LogP contribution in [0.2, 0.25) is 0 Å². The van der Waals surface area contributed by atoms with E-state index in [9.17, 15) is 4.39 Å². The molecule has 0 radical (unpaired) electrons. The molecule has 1 heterocycles. The first-order valence-electron chi connectivity index (χ1n) is 5.70. The van der Waals surface area contributed by atoms with E-state index in [4.69, 9.17) is 15.2 Å². The summed E-state index contributed by atoms with van der Waals surface area (Å²) < 4.78 is 23.6. The predicted octanol–water partition coefficient (Wildman–Crippen LogP) is 0.687. The maximum Gasteiger partial charge on any atom is 0.222 e. The molecule has 7 heteroatoms. The number of nitrogen functional groups attached to an aromatic ring is 1. The Bertz CT molecular complexity index is 365. The first-order valence-corrected chi connectivity index (χ1v) is 5.70. The van der Waals surface area contributed by atoms with Gasteiger partial charge in [0.1, 0.15) is 0 Å². The van der Waals surface area contributed by atoms with Gasteiger partial charge in [0.05, 0.1) is 12.8 Å². The van der Waals surface area contributed by atoms with E-state index in [2.05, 4.69) is 9.97 Å². The van der Waals surface area contributed by atoms with Crippen molar-refractivity contribution in [3.05, 3.63) is 12.0 Å². The molecule has 0 saturated carbocycles. The van der Waals surface area contributed by atoms with Crippen molar-refractivity contribution in [1.82, 2.24) is 9.97 Å². The van der Waals surface area contributed by atoms with E-state index in [1.165, 1.54) is 0 Å². The van der Waals surface area contributed by atoms with Crippen LogP contribution in [-0.4, -0.2) is 50.5 Å². The van der Waals surface area contributed by atoms with E-state index in [1.54, 1.807) is 19.1 Å². The third kappa shape index (κ3) is 4.42. The molecule has 6 nitrogen and oxygen atoms in total. The molecule has 1 rings (SSSR count). The highest BCUT2D eigenvalue weighted by Crippen LogP contribution is 2.16. The minimum atomic E-state index is -0.488. The molecule has 0 aliphatic heterocycles. The quantitative estimate of drug-likeness (QED) is 0.691. The Labute approximate surface area is 106 Å². The predicted molar refractivity (Wildman–Crippen MR) is 67.0 cm³/mol. The number of rotatable bonds is 8. The van der Waals surface area contributed by atoms with Crippen LogP contribution < -0.4 is 10.6 Å². The Morgan fingerprint density at radius 1 is 1.28 bits per heavy atom. The molecule has 18 heavy (non-hydrogen) atoms. The molecule has 0 amide bonds. The molecule has 2 N–H and O–H groups in total. The van der Waals surface area contributed by atoms with Gasteiger partial charge < -0.3 is 20.1 Å². The summed E-state index contributed by atoms with van der Waals surface area (Å²) in [5.74, 6) is -0.228. The monoisotopic (exact) mass is 258 g/mol. The summed E-state index contributed by atoms with van der Waals surface area (Å²) in [6, 6.07) is 0. The van der Waals surface area contributed by atoms with Gasteiger partial charge in [0, 0.05) is 33.9 Å². The van der Waals surface area contributed by atoms with Gasteiger partial charge in [0.25, 0.3) is 0 Å². The van der Waals surface area contributed by atoms with Crippen molar-refractivity contribution >= 4 is 11.8 Å². The van der Waals surface area contributed by atoms with Crippen molar-refractivity contribution in [1.29, 1.82) is 0 Å². The number of hydrogen-bond acceptors (Lipinski definition) is 6. The number of anilines is 2. The molecule has 0 atom stereocenters. The maximum atomic E-state index is 13.7. The topological polar surface area (TPSA) is 73.5 Å². The summed E-state index contributed by atoms with van der Waals surface area (Å²) >= 11 is 0. The van der Waals surface area contributed by atoms with Gasteiger partial charge in [0.15, 0.2) is 11.6 Å². The Kier molecular flexibility index (Phi) is 6.31. The summed E-state index contributed by atoms with van der Waals surface area (Å²) in [6.07, 6.45) is 1.84. The van der Waals surface area contributed by atoms with Crippen molar-refractivity contribution in [3.63, 3.8) is 0 Å². The van der Waals surface area contributed by atoms with Crippen LogP contribution in [0.4, 0.5) is 16.2 Å². The molecule has 102 valence electrons. The molecule has 1 aromatic heterocycles. The number of halogens is 1. The number of methoxy groups -OCH3 is 2. The molecule has 0 spiro atoms. The number of ether oxygens (including phenoxy) is 2. The fraction of sp³-hybridized carbons (Fsp3) is 0.636. The summed E-state index contributed by atoms with van der Waals surface area (Å²) in [5.41, 5.74) is 5.48. The van der Waals surface area contributed by atoms with Crippen LogP contribution in [0.15, 0.2) is 6.20 Å². The SMILES string of the molecule is COCCCN(CCOC)c1nc(N)ncc1F. The van der Waals surface area contributed by atoms with Crippen LogP contribution in [0.5, 0.6) is 0 Å². The van der Waals surface area contributed by atoms with Crippen LogP contribution in [0.3, 0.4) is 0 Å². The van der Waals surface area contributed by atoms with Crippen molar-refractivity contribution in [2.45, 2.75) is 6.42 Å². The number of hydrogen-bond donors (Lipinski definition) is 1. The molecule has 1 aromatic rings. The molecule has 0 aliphatic carbocycles. The zero-order valence-corrected chi connectivity index (χ0v) is 10.7. The van der Waals surface area contributed by atoms with Crippen molar-refractivity contribution < 1.29 is 13.9 Å².